The van der Waals surface area contributed by atoms with Crippen LogP contribution in [0.5, 0.6) is 0 Å². The summed E-state index contributed by atoms with van der Waals surface area (Å²) in [5, 5.41) is 4.61. The Morgan fingerprint density at radius 3 is 2.78 bits per heavy atom. The van der Waals surface area contributed by atoms with E-state index in [9.17, 15) is 0 Å². The van der Waals surface area contributed by atoms with E-state index in [-0.39, 0.29) is 0 Å². The van der Waals surface area contributed by atoms with E-state index < -0.39 is 0 Å². The van der Waals surface area contributed by atoms with Gasteiger partial charge in [0.2, 0.25) is 0 Å². The van der Waals surface area contributed by atoms with Gasteiger partial charge in [-0.3, -0.25) is 0 Å². The summed E-state index contributed by atoms with van der Waals surface area (Å²) in [7, 11) is 0. The van der Waals surface area contributed by atoms with E-state index in [1.54, 1.807) is 0 Å². The highest BCUT2D eigenvalue weighted by molar-refractivity contribution is 14.1. The summed E-state index contributed by atoms with van der Waals surface area (Å²) >= 11 is 2.29. The normalized spacial score (nSPS) is 22.1. The average Bonchev–Trinajstić information content (AvgIpc) is 2.58. The fourth-order valence-electron chi connectivity index (χ4n) is 2.75. The Labute approximate surface area is 123 Å². The molecule has 1 fully saturated rings. The Morgan fingerprint density at radius 1 is 1.39 bits per heavy atom. The molecule has 0 aliphatic carbocycles. The maximum Gasteiger partial charge on any atom is 0.135 e. The maximum absolute atomic E-state index is 6.16. The molecule has 1 saturated heterocycles. The molecule has 102 valence electrons. The van der Waals surface area contributed by atoms with Gasteiger partial charge in [-0.1, -0.05) is 6.92 Å². The van der Waals surface area contributed by atoms with Crippen LogP contribution in [0.2, 0.25) is 0 Å². The van der Waals surface area contributed by atoms with E-state index in [0.29, 0.717) is 6.04 Å². The van der Waals surface area contributed by atoms with Gasteiger partial charge in [0, 0.05) is 6.54 Å². The molecule has 4 nitrogen and oxygen atoms in total. The molecule has 1 aromatic heterocycles. The molecule has 0 radical (unpaired) electrons. The van der Waals surface area contributed by atoms with Crippen molar-refractivity contribution in [1.82, 2.24) is 14.7 Å². The highest BCUT2D eigenvalue weighted by Gasteiger charge is 2.21. The van der Waals surface area contributed by atoms with Gasteiger partial charge in [-0.2, -0.15) is 5.10 Å². The molecular formula is C13H23IN4. The average molecular weight is 362 g/mol. The zero-order valence-electron chi connectivity index (χ0n) is 11.3. The topological polar surface area (TPSA) is 47.1 Å². The Hall–Kier alpha value is -0.300. The van der Waals surface area contributed by atoms with Crippen LogP contribution in [0, 0.1) is 10.5 Å². The fraction of sp³-hybridized carbons (Fsp3) is 0.769. The second-order valence-corrected chi connectivity index (χ2v) is 6.23. The van der Waals surface area contributed by atoms with Crippen LogP contribution in [0.1, 0.15) is 44.3 Å². The van der Waals surface area contributed by atoms with Crippen LogP contribution in [0.3, 0.4) is 0 Å². The van der Waals surface area contributed by atoms with Crippen LogP contribution in [-0.4, -0.2) is 34.3 Å². The molecule has 5 heteroatoms. The first-order valence-electron chi connectivity index (χ1n) is 6.86. The monoisotopic (exact) mass is 362 g/mol. The van der Waals surface area contributed by atoms with Crippen molar-refractivity contribution in [2.75, 3.05) is 25.4 Å². The number of aryl methyl sites for hydroxylation is 1. The van der Waals surface area contributed by atoms with Crippen LogP contribution in [0.25, 0.3) is 0 Å². The van der Waals surface area contributed by atoms with Gasteiger partial charge in [0.05, 0.1) is 15.3 Å². The van der Waals surface area contributed by atoms with Gasteiger partial charge in [-0.25, -0.2) is 4.68 Å². The maximum atomic E-state index is 6.16. The zero-order chi connectivity index (χ0) is 13.1. The van der Waals surface area contributed by atoms with Gasteiger partial charge in [0.15, 0.2) is 0 Å². The second kappa shape index (κ2) is 6.23. The van der Waals surface area contributed by atoms with E-state index in [2.05, 4.69) is 44.2 Å². The number of rotatable bonds is 3. The van der Waals surface area contributed by atoms with E-state index in [1.165, 1.54) is 45.3 Å². The third-order valence-electron chi connectivity index (χ3n) is 3.72. The molecule has 1 aromatic rings. The summed E-state index contributed by atoms with van der Waals surface area (Å²) in [5.74, 6) is 0.849. The lowest BCUT2D eigenvalue weighted by atomic mass is 10.1. The number of hydrogen-bond donors (Lipinski definition) is 1. The Bertz CT molecular complexity index is 402. The van der Waals surface area contributed by atoms with Crippen molar-refractivity contribution in [2.24, 2.45) is 0 Å². The third kappa shape index (κ3) is 2.99. The first-order chi connectivity index (χ1) is 8.63. The number of aromatic nitrogens is 2. The molecule has 1 atom stereocenters. The van der Waals surface area contributed by atoms with Gasteiger partial charge < -0.3 is 10.6 Å². The lowest BCUT2D eigenvalue weighted by Crippen LogP contribution is -2.25. The van der Waals surface area contributed by atoms with Crippen LogP contribution >= 0.6 is 22.6 Å². The second-order valence-electron chi connectivity index (χ2n) is 5.16. The molecule has 1 aliphatic rings. The number of nitrogens with two attached hydrogens (primary N) is 1. The Morgan fingerprint density at radius 2 is 2.17 bits per heavy atom. The van der Waals surface area contributed by atoms with Crippen LogP contribution in [0.4, 0.5) is 5.82 Å². The summed E-state index contributed by atoms with van der Waals surface area (Å²) < 4.78 is 3.18. The molecule has 18 heavy (non-hydrogen) atoms. The minimum Gasteiger partial charge on any atom is -0.383 e. The highest BCUT2D eigenvalue weighted by Crippen LogP contribution is 2.28. The molecule has 1 unspecified atom stereocenters. The van der Waals surface area contributed by atoms with Gasteiger partial charge in [-0.05, 0) is 68.3 Å². The molecule has 0 saturated carbocycles. The SMILES string of the molecule is CCCN1CCCC(n2nc(C)c(I)c2N)CC1. The smallest absolute Gasteiger partial charge is 0.135 e. The van der Waals surface area contributed by atoms with Crippen molar-refractivity contribution in [1.29, 1.82) is 0 Å². The molecule has 2 N–H and O–H groups in total. The Kier molecular flexibility index (Phi) is 4.89. The fourth-order valence-corrected chi connectivity index (χ4v) is 3.10. The lowest BCUT2D eigenvalue weighted by Gasteiger charge is -2.19. The van der Waals surface area contributed by atoms with Gasteiger partial charge in [0.1, 0.15) is 5.82 Å². The minimum atomic E-state index is 0.481. The zero-order valence-corrected chi connectivity index (χ0v) is 13.5. The van der Waals surface area contributed by atoms with E-state index in [4.69, 9.17) is 5.73 Å². The number of halogens is 1. The van der Waals surface area contributed by atoms with Crippen molar-refractivity contribution in [3.63, 3.8) is 0 Å². The quantitative estimate of drug-likeness (QED) is 0.842. The van der Waals surface area contributed by atoms with Crippen LogP contribution in [-0.2, 0) is 0 Å². The largest absolute Gasteiger partial charge is 0.383 e. The molecular weight excluding hydrogens is 339 g/mol. The Balaban J connectivity index is 2.07. The summed E-state index contributed by atoms with van der Waals surface area (Å²) in [5.41, 5.74) is 7.22. The van der Waals surface area contributed by atoms with Crippen molar-refractivity contribution < 1.29 is 0 Å². The molecule has 0 spiro atoms. The van der Waals surface area contributed by atoms with Crippen LogP contribution in [0.15, 0.2) is 0 Å². The summed E-state index contributed by atoms with van der Waals surface area (Å²) in [4.78, 5) is 2.57. The summed E-state index contributed by atoms with van der Waals surface area (Å²) in [6.07, 6.45) is 4.86. The summed E-state index contributed by atoms with van der Waals surface area (Å²) in [6, 6.07) is 0.481. The van der Waals surface area contributed by atoms with E-state index in [0.717, 1.165) is 15.1 Å². The van der Waals surface area contributed by atoms with Crippen molar-refractivity contribution in [3.8, 4) is 0 Å². The number of nitrogen functional groups attached to an aromatic ring is 1. The van der Waals surface area contributed by atoms with Crippen molar-refractivity contribution >= 4 is 28.4 Å². The minimum absolute atomic E-state index is 0.481. The predicted molar refractivity (Wildman–Crippen MR) is 83.7 cm³/mol. The van der Waals surface area contributed by atoms with E-state index in [1.807, 2.05) is 6.92 Å². The van der Waals surface area contributed by atoms with Crippen molar-refractivity contribution in [2.45, 2.75) is 45.6 Å². The van der Waals surface area contributed by atoms with Gasteiger partial charge in [0.25, 0.3) is 0 Å². The first-order valence-corrected chi connectivity index (χ1v) is 7.93. The number of likely N-dealkylation sites (tertiary alicyclic amines) is 1. The van der Waals surface area contributed by atoms with Crippen LogP contribution < -0.4 is 5.73 Å². The molecule has 0 bridgehead atoms. The first kappa shape index (κ1) is 14.1. The van der Waals surface area contributed by atoms with Crippen molar-refractivity contribution in [3.05, 3.63) is 9.26 Å². The van der Waals surface area contributed by atoms with Gasteiger partial charge >= 0.3 is 0 Å². The molecule has 2 rings (SSSR count). The van der Waals surface area contributed by atoms with Gasteiger partial charge in [-0.15, -0.1) is 0 Å². The highest BCUT2D eigenvalue weighted by atomic mass is 127. The lowest BCUT2D eigenvalue weighted by molar-refractivity contribution is 0.280. The number of anilines is 1. The molecule has 0 amide bonds. The number of nitrogens with zero attached hydrogens (tertiary/aromatic N) is 3. The summed E-state index contributed by atoms with van der Waals surface area (Å²) in [6.45, 7) is 7.90. The standard InChI is InChI=1S/C13H23IN4/c1-3-7-17-8-4-5-11(6-9-17)18-13(15)12(14)10(2)16-18/h11H,3-9,15H2,1-2H3. The molecule has 2 heterocycles. The molecule has 1 aliphatic heterocycles. The third-order valence-corrected chi connectivity index (χ3v) is 5.06. The predicted octanol–water partition coefficient (Wildman–Crippen LogP) is 2.82. The number of hydrogen-bond acceptors (Lipinski definition) is 3. The van der Waals surface area contributed by atoms with E-state index >= 15 is 0 Å². The molecule has 0 aromatic carbocycles.